The molecule has 0 heterocycles. The normalized spacial score (nSPS) is 11.6. The molecule has 0 aliphatic heterocycles. The highest BCUT2D eigenvalue weighted by molar-refractivity contribution is 6.30. The average molecular weight is 271 g/mol. The van der Waals surface area contributed by atoms with E-state index in [9.17, 15) is 13.2 Å². The van der Waals surface area contributed by atoms with E-state index in [4.69, 9.17) is 11.6 Å². The summed E-state index contributed by atoms with van der Waals surface area (Å²) in [5, 5.41) is 0.525. The molecule has 0 nitrogen and oxygen atoms in total. The third kappa shape index (κ3) is 3.05. The number of hydrogen-bond acceptors (Lipinski definition) is 0. The van der Waals surface area contributed by atoms with Gasteiger partial charge in [-0.15, -0.1) is 0 Å². The van der Waals surface area contributed by atoms with Gasteiger partial charge in [-0.25, -0.2) is 0 Å². The largest absolute Gasteiger partial charge is 0.416 e. The maximum atomic E-state index is 12.8. The Morgan fingerprint density at radius 1 is 0.944 bits per heavy atom. The Kier molecular flexibility index (Phi) is 3.62. The molecule has 0 aromatic heterocycles. The van der Waals surface area contributed by atoms with Crippen LogP contribution in [0.5, 0.6) is 0 Å². The Bertz CT molecular complexity index is 547. The van der Waals surface area contributed by atoms with Gasteiger partial charge in [0.15, 0.2) is 0 Å². The second-order valence-corrected chi connectivity index (χ2v) is 4.40. The fourth-order valence-electron chi connectivity index (χ4n) is 1.82. The van der Waals surface area contributed by atoms with Gasteiger partial charge in [-0.3, -0.25) is 0 Å². The Morgan fingerprint density at radius 3 is 2.33 bits per heavy atom. The van der Waals surface area contributed by atoms with Crippen molar-refractivity contribution in [3.8, 4) is 0 Å². The molecule has 0 bridgehead atoms. The van der Waals surface area contributed by atoms with Gasteiger partial charge in [-0.05, 0) is 35.7 Å². The molecule has 0 atom stereocenters. The van der Waals surface area contributed by atoms with E-state index in [2.05, 4.69) is 0 Å². The first-order chi connectivity index (χ1) is 8.47. The van der Waals surface area contributed by atoms with E-state index in [1.807, 2.05) is 0 Å². The van der Waals surface area contributed by atoms with E-state index in [1.54, 1.807) is 30.3 Å². The quantitative estimate of drug-likeness (QED) is 0.724. The van der Waals surface area contributed by atoms with Gasteiger partial charge < -0.3 is 0 Å². The molecular formula is C14H10ClF3. The Morgan fingerprint density at radius 2 is 1.67 bits per heavy atom. The van der Waals surface area contributed by atoms with Crippen LogP contribution in [-0.2, 0) is 12.6 Å². The zero-order valence-electron chi connectivity index (χ0n) is 9.34. The predicted molar refractivity (Wildman–Crippen MR) is 65.7 cm³/mol. The van der Waals surface area contributed by atoms with Crippen molar-refractivity contribution in [1.82, 2.24) is 0 Å². The van der Waals surface area contributed by atoms with Crippen LogP contribution in [-0.4, -0.2) is 0 Å². The summed E-state index contributed by atoms with van der Waals surface area (Å²) in [6.07, 6.45) is -4.11. The number of benzene rings is 2. The fraction of sp³-hybridized carbons (Fsp3) is 0.143. The van der Waals surface area contributed by atoms with Crippen LogP contribution in [0.25, 0.3) is 0 Å². The van der Waals surface area contributed by atoms with E-state index in [0.29, 0.717) is 5.02 Å². The number of hydrogen-bond donors (Lipinski definition) is 0. The second kappa shape index (κ2) is 5.02. The summed E-state index contributed by atoms with van der Waals surface area (Å²) in [6.45, 7) is 0. The maximum absolute atomic E-state index is 12.8. The minimum absolute atomic E-state index is 0.218. The molecule has 0 saturated carbocycles. The third-order valence-electron chi connectivity index (χ3n) is 2.61. The summed E-state index contributed by atoms with van der Waals surface area (Å²) in [5.74, 6) is 0. The zero-order chi connectivity index (χ0) is 13.2. The first-order valence-corrected chi connectivity index (χ1v) is 5.74. The van der Waals surface area contributed by atoms with Crippen molar-refractivity contribution in [2.24, 2.45) is 0 Å². The molecule has 4 heteroatoms. The van der Waals surface area contributed by atoms with Crippen LogP contribution in [0.15, 0.2) is 48.5 Å². The SMILES string of the molecule is FC(F)(F)c1ccccc1Cc1cccc(Cl)c1. The van der Waals surface area contributed by atoms with Crippen LogP contribution in [0, 0.1) is 0 Å². The standard InChI is InChI=1S/C14H10ClF3/c15-12-6-3-4-10(9-12)8-11-5-1-2-7-13(11)14(16,17)18/h1-7,9H,8H2. The number of alkyl halides is 3. The minimum atomic E-state index is -4.32. The van der Waals surface area contributed by atoms with Gasteiger partial charge in [0, 0.05) is 5.02 Å². The molecule has 0 N–H and O–H groups in total. The maximum Gasteiger partial charge on any atom is 0.416 e. The molecule has 0 unspecified atom stereocenters. The Balaban J connectivity index is 2.35. The van der Waals surface area contributed by atoms with Crippen LogP contribution in [0.2, 0.25) is 5.02 Å². The summed E-state index contributed by atoms with van der Waals surface area (Å²) in [6, 6.07) is 12.4. The lowest BCUT2D eigenvalue weighted by Crippen LogP contribution is -2.09. The highest BCUT2D eigenvalue weighted by Crippen LogP contribution is 2.32. The Hall–Kier alpha value is -1.48. The molecule has 0 amide bonds. The highest BCUT2D eigenvalue weighted by atomic mass is 35.5. The number of rotatable bonds is 2. The third-order valence-corrected chi connectivity index (χ3v) is 2.84. The van der Waals surface area contributed by atoms with Crippen molar-refractivity contribution < 1.29 is 13.2 Å². The summed E-state index contributed by atoms with van der Waals surface area (Å²) in [5.41, 5.74) is 0.427. The van der Waals surface area contributed by atoms with Crippen molar-refractivity contribution in [2.45, 2.75) is 12.6 Å². The van der Waals surface area contributed by atoms with E-state index < -0.39 is 11.7 Å². The molecule has 18 heavy (non-hydrogen) atoms. The van der Waals surface area contributed by atoms with Crippen LogP contribution in [0.4, 0.5) is 13.2 Å². The van der Waals surface area contributed by atoms with E-state index in [1.165, 1.54) is 12.1 Å². The molecule has 0 fully saturated rings. The molecule has 2 aromatic rings. The summed E-state index contributed by atoms with van der Waals surface area (Å²) in [4.78, 5) is 0. The van der Waals surface area contributed by atoms with E-state index in [-0.39, 0.29) is 12.0 Å². The van der Waals surface area contributed by atoms with Gasteiger partial charge in [-0.2, -0.15) is 13.2 Å². The minimum Gasteiger partial charge on any atom is -0.166 e. The molecule has 0 aliphatic rings. The first-order valence-electron chi connectivity index (χ1n) is 5.36. The van der Waals surface area contributed by atoms with Crippen LogP contribution >= 0.6 is 11.6 Å². The molecule has 0 aliphatic carbocycles. The first kappa shape index (κ1) is 13.0. The van der Waals surface area contributed by atoms with Gasteiger partial charge in [-0.1, -0.05) is 41.9 Å². The van der Waals surface area contributed by atoms with Gasteiger partial charge in [0.2, 0.25) is 0 Å². The van der Waals surface area contributed by atoms with E-state index in [0.717, 1.165) is 11.6 Å². The molecule has 0 radical (unpaired) electrons. The lowest BCUT2D eigenvalue weighted by atomic mass is 9.99. The topological polar surface area (TPSA) is 0 Å². The molecule has 2 aromatic carbocycles. The summed E-state index contributed by atoms with van der Waals surface area (Å²) < 4.78 is 38.4. The highest BCUT2D eigenvalue weighted by Gasteiger charge is 2.32. The van der Waals surface area contributed by atoms with Crippen molar-refractivity contribution in [1.29, 1.82) is 0 Å². The average Bonchev–Trinajstić information content (AvgIpc) is 2.28. The summed E-state index contributed by atoms with van der Waals surface area (Å²) in [7, 11) is 0. The Labute approximate surface area is 108 Å². The van der Waals surface area contributed by atoms with Gasteiger partial charge >= 0.3 is 6.18 Å². The van der Waals surface area contributed by atoms with Crippen LogP contribution in [0.3, 0.4) is 0 Å². The second-order valence-electron chi connectivity index (χ2n) is 3.96. The molecule has 2 rings (SSSR count). The van der Waals surface area contributed by atoms with Crippen molar-refractivity contribution in [3.05, 3.63) is 70.2 Å². The van der Waals surface area contributed by atoms with Crippen molar-refractivity contribution >= 4 is 11.6 Å². The lowest BCUT2D eigenvalue weighted by Gasteiger charge is -2.12. The van der Waals surface area contributed by atoms with Gasteiger partial charge in [0.1, 0.15) is 0 Å². The zero-order valence-corrected chi connectivity index (χ0v) is 10.1. The van der Waals surface area contributed by atoms with Crippen molar-refractivity contribution in [2.75, 3.05) is 0 Å². The molecule has 94 valence electrons. The van der Waals surface area contributed by atoms with E-state index >= 15 is 0 Å². The number of halogens is 4. The van der Waals surface area contributed by atoms with Crippen LogP contribution < -0.4 is 0 Å². The fourth-order valence-corrected chi connectivity index (χ4v) is 2.03. The predicted octanol–water partition coefficient (Wildman–Crippen LogP) is 4.95. The molecule has 0 saturated heterocycles. The van der Waals surface area contributed by atoms with Crippen molar-refractivity contribution in [3.63, 3.8) is 0 Å². The van der Waals surface area contributed by atoms with Gasteiger partial charge in [0.25, 0.3) is 0 Å². The van der Waals surface area contributed by atoms with Crippen LogP contribution in [0.1, 0.15) is 16.7 Å². The molecular weight excluding hydrogens is 261 g/mol. The van der Waals surface area contributed by atoms with Gasteiger partial charge in [0.05, 0.1) is 5.56 Å². The summed E-state index contributed by atoms with van der Waals surface area (Å²) >= 11 is 5.82. The monoisotopic (exact) mass is 270 g/mol. The molecule has 0 spiro atoms. The smallest absolute Gasteiger partial charge is 0.166 e. The lowest BCUT2D eigenvalue weighted by molar-refractivity contribution is -0.138.